The van der Waals surface area contributed by atoms with Gasteiger partial charge in [0.1, 0.15) is 0 Å². The van der Waals surface area contributed by atoms with Crippen LogP contribution in [0.1, 0.15) is 15.3 Å². The predicted octanol–water partition coefficient (Wildman–Crippen LogP) is 3.81. The summed E-state index contributed by atoms with van der Waals surface area (Å²) in [4.78, 5) is 2.47. The van der Waals surface area contributed by atoms with Crippen molar-refractivity contribution < 1.29 is 0 Å². The van der Waals surface area contributed by atoms with Crippen LogP contribution in [0.15, 0.2) is 41.5 Å². The molecule has 0 atom stereocenters. The van der Waals surface area contributed by atoms with Crippen molar-refractivity contribution in [3.63, 3.8) is 0 Å². The molecular formula is C13H14N2S. The van der Waals surface area contributed by atoms with Gasteiger partial charge in [0.15, 0.2) is 0 Å². The van der Waals surface area contributed by atoms with Crippen LogP contribution in [0.5, 0.6) is 0 Å². The maximum Gasteiger partial charge on any atom is 0.0644 e. The minimum Gasteiger partial charge on any atom is -0.278 e. The molecule has 3 heteroatoms. The van der Waals surface area contributed by atoms with Crippen molar-refractivity contribution in [1.82, 2.24) is 0 Å². The van der Waals surface area contributed by atoms with Crippen LogP contribution in [0.3, 0.4) is 0 Å². The Balaban J connectivity index is 1.99. The molecule has 0 aliphatic rings. The van der Waals surface area contributed by atoms with Gasteiger partial charge >= 0.3 is 0 Å². The smallest absolute Gasteiger partial charge is 0.0644 e. The Kier molecular flexibility index (Phi) is 3.37. The fourth-order valence-corrected chi connectivity index (χ4v) is 2.16. The van der Waals surface area contributed by atoms with Gasteiger partial charge in [0.05, 0.1) is 11.9 Å². The monoisotopic (exact) mass is 230 g/mol. The van der Waals surface area contributed by atoms with E-state index in [2.05, 4.69) is 48.6 Å². The lowest BCUT2D eigenvalue weighted by molar-refractivity contribution is 1.33. The minimum absolute atomic E-state index is 1.02. The fourth-order valence-electron chi connectivity index (χ4n) is 1.41. The van der Waals surface area contributed by atoms with E-state index < -0.39 is 0 Å². The van der Waals surface area contributed by atoms with Crippen molar-refractivity contribution in [3.05, 3.63) is 51.7 Å². The molecule has 1 N–H and O–H groups in total. The molecule has 0 amide bonds. The molecule has 2 nitrogen and oxygen atoms in total. The summed E-state index contributed by atoms with van der Waals surface area (Å²) in [5, 5.41) is 4.20. The topological polar surface area (TPSA) is 24.4 Å². The van der Waals surface area contributed by atoms with E-state index in [-0.39, 0.29) is 0 Å². The highest BCUT2D eigenvalue weighted by atomic mass is 32.1. The first-order valence-electron chi connectivity index (χ1n) is 5.16. The summed E-state index contributed by atoms with van der Waals surface area (Å²) in [5.41, 5.74) is 5.27. The molecule has 82 valence electrons. The molecule has 2 rings (SSSR count). The van der Waals surface area contributed by atoms with Crippen LogP contribution >= 0.6 is 11.3 Å². The number of benzene rings is 1. The Hall–Kier alpha value is -1.61. The molecule has 0 aliphatic carbocycles. The van der Waals surface area contributed by atoms with Crippen molar-refractivity contribution in [2.24, 2.45) is 5.10 Å². The third kappa shape index (κ3) is 2.94. The number of aryl methyl sites for hydroxylation is 2. The van der Waals surface area contributed by atoms with Crippen LogP contribution < -0.4 is 5.43 Å². The summed E-state index contributed by atoms with van der Waals surface area (Å²) in [6, 6.07) is 12.3. The standard InChI is InChI=1S/C13H14N2S/c1-10-4-3-5-12(8-10)15-14-9-13-7-6-11(2)16-13/h3-9,15H,1-2H3/b14-9+. The number of hydrazone groups is 1. The molecule has 0 saturated carbocycles. The minimum atomic E-state index is 1.02. The normalized spacial score (nSPS) is 10.9. The van der Waals surface area contributed by atoms with E-state index in [9.17, 15) is 0 Å². The molecule has 0 unspecified atom stereocenters. The Labute approximate surface area is 99.6 Å². The van der Waals surface area contributed by atoms with E-state index in [1.165, 1.54) is 10.4 Å². The first-order valence-corrected chi connectivity index (χ1v) is 5.98. The summed E-state index contributed by atoms with van der Waals surface area (Å²) in [7, 11) is 0. The quantitative estimate of drug-likeness (QED) is 0.629. The van der Waals surface area contributed by atoms with Crippen molar-refractivity contribution in [2.75, 3.05) is 5.43 Å². The zero-order valence-electron chi connectivity index (χ0n) is 9.40. The molecule has 0 radical (unpaired) electrons. The zero-order chi connectivity index (χ0) is 11.4. The van der Waals surface area contributed by atoms with Gasteiger partial charge < -0.3 is 0 Å². The van der Waals surface area contributed by atoms with Crippen molar-refractivity contribution >= 4 is 23.2 Å². The molecule has 0 saturated heterocycles. The van der Waals surface area contributed by atoms with Gasteiger partial charge in [-0.15, -0.1) is 11.3 Å². The fraction of sp³-hybridized carbons (Fsp3) is 0.154. The van der Waals surface area contributed by atoms with Gasteiger partial charge in [-0.2, -0.15) is 5.10 Å². The third-order valence-electron chi connectivity index (χ3n) is 2.16. The van der Waals surface area contributed by atoms with E-state index in [1.807, 2.05) is 18.3 Å². The second kappa shape index (κ2) is 4.94. The predicted molar refractivity (Wildman–Crippen MR) is 71.5 cm³/mol. The average molecular weight is 230 g/mol. The Bertz CT molecular complexity index is 500. The lowest BCUT2D eigenvalue weighted by Crippen LogP contribution is -1.89. The molecule has 1 aromatic heterocycles. The molecule has 2 aromatic rings. The first-order chi connectivity index (χ1) is 7.74. The van der Waals surface area contributed by atoms with Gasteiger partial charge in [0.2, 0.25) is 0 Å². The van der Waals surface area contributed by atoms with Crippen LogP contribution in [-0.4, -0.2) is 6.21 Å². The third-order valence-corrected chi connectivity index (χ3v) is 3.10. The maximum absolute atomic E-state index is 4.20. The second-order valence-corrected chi connectivity index (χ2v) is 5.01. The second-order valence-electron chi connectivity index (χ2n) is 3.69. The van der Waals surface area contributed by atoms with E-state index in [0.29, 0.717) is 0 Å². The van der Waals surface area contributed by atoms with Gasteiger partial charge in [-0.1, -0.05) is 12.1 Å². The van der Waals surface area contributed by atoms with Gasteiger partial charge in [-0.3, -0.25) is 5.43 Å². The average Bonchev–Trinajstić information content (AvgIpc) is 2.64. The van der Waals surface area contributed by atoms with Gasteiger partial charge in [0.25, 0.3) is 0 Å². The lowest BCUT2D eigenvalue weighted by atomic mass is 10.2. The Morgan fingerprint density at radius 2 is 2.06 bits per heavy atom. The molecule has 0 aliphatic heterocycles. The lowest BCUT2D eigenvalue weighted by Gasteiger charge is -1.99. The van der Waals surface area contributed by atoms with Crippen LogP contribution in [0.4, 0.5) is 5.69 Å². The highest BCUT2D eigenvalue weighted by Gasteiger charge is 1.92. The number of nitrogens with zero attached hydrogens (tertiary/aromatic N) is 1. The summed E-state index contributed by atoms with van der Waals surface area (Å²) in [6.07, 6.45) is 1.85. The van der Waals surface area contributed by atoms with Crippen LogP contribution in [0, 0.1) is 13.8 Å². The van der Waals surface area contributed by atoms with Crippen molar-refractivity contribution in [1.29, 1.82) is 0 Å². The summed E-state index contributed by atoms with van der Waals surface area (Å²) in [5.74, 6) is 0. The maximum atomic E-state index is 4.20. The van der Waals surface area contributed by atoms with E-state index in [4.69, 9.17) is 0 Å². The summed E-state index contributed by atoms with van der Waals surface area (Å²) < 4.78 is 0. The van der Waals surface area contributed by atoms with E-state index >= 15 is 0 Å². The number of thiophene rings is 1. The van der Waals surface area contributed by atoms with Crippen molar-refractivity contribution in [3.8, 4) is 0 Å². The van der Waals surface area contributed by atoms with Crippen LogP contribution in [0.25, 0.3) is 0 Å². The van der Waals surface area contributed by atoms with Gasteiger partial charge in [0, 0.05) is 9.75 Å². The molecule has 1 heterocycles. The first kappa shape index (κ1) is 10.9. The number of hydrogen-bond donors (Lipinski definition) is 1. The number of anilines is 1. The van der Waals surface area contributed by atoms with Crippen LogP contribution in [0.2, 0.25) is 0 Å². The molecule has 16 heavy (non-hydrogen) atoms. The number of hydrogen-bond acceptors (Lipinski definition) is 3. The van der Waals surface area contributed by atoms with E-state index in [0.717, 1.165) is 10.6 Å². The van der Waals surface area contributed by atoms with Crippen LogP contribution in [-0.2, 0) is 0 Å². The van der Waals surface area contributed by atoms with Crippen molar-refractivity contribution in [2.45, 2.75) is 13.8 Å². The van der Waals surface area contributed by atoms with E-state index in [1.54, 1.807) is 11.3 Å². The van der Waals surface area contributed by atoms with Gasteiger partial charge in [-0.05, 0) is 43.7 Å². The SMILES string of the molecule is Cc1cccc(N/N=C/c2ccc(C)s2)c1. The Morgan fingerprint density at radius 3 is 2.75 bits per heavy atom. The molecule has 0 fully saturated rings. The molecule has 1 aromatic carbocycles. The Morgan fingerprint density at radius 1 is 1.19 bits per heavy atom. The molecule has 0 bridgehead atoms. The zero-order valence-corrected chi connectivity index (χ0v) is 10.2. The molecular weight excluding hydrogens is 216 g/mol. The number of nitrogens with one attached hydrogen (secondary N) is 1. The number of rotatable bonds is 3. The van der Waals surface area contributed by atoms with Gasteiger partial charge in [-0.25, -0.2) is 0 Å². The highest BCUT2D eigenvalue weighted by molar-refractivity contribution is 7.13. The summed E-state index contributed by atoms with van der Waals surface area (Å²) >= 11 is 1.74. The largest absolute Gasteiger partial charge is 0.278 e. The molecule has 0 spiro atoms. The summed E-state index contributed by atoms with van der Waals surface area (Å²) in [6.45, 7) is 4.16. The highest BCUT2D eigenvalue weighted by Crippen LogP contribution is 2.13.